The molecule has 1 amide bonds. The van der Waals surface area contributed by atoms with Crippen molar-refractivity contribution in [2.24, 2.45) is 5.41 Å². The molecule has 1 aromatic rings. The number of rotatable bonds is 10. The number of hydrogen-bond acceptors (Lipinski definition) is 10. The Morgan fingerprint density at radius 3 is 2.03 bits per heavy atom. The molecule has 10 nitrogen and oxygen atoms in total. The molecule has 1 saturated heterocycles. The smallest absolute Gasteiger partial charge is 0.343 e. The highest BCUT2D eigenvalue weighted by molar-refractivity contribution is 7.09. The fourth-order valence-electron chi connectivity index (χ4n) is 3.56. The average Bonchev–Trinajstić information content (AvgIpc) is 3.21. The minimum Gasteiger partial charge on any atom is -0.464 e. The van der Waals surface area contributed by atoms with Crippen molar-refractivity contribution >= 4 is 41.1 Å². The lowest BCUT2D eigenvalue weighted by molar-refractivity contribution is -0.252. The molecule has 0 spiro atoms. The molecule has 33 heavy (non-hydrogen) atoms. The number of thiophene rings is 1. The SMILES string of the molecule is CCOC(=O)C(CCC1(Cc2cccs2)C(=O)OC(C)(C)OC1=O)(NC(C)=O)C(=O)OCC. The van der Waals surface area contributed by atoms with E-state index < -0.39 is 52.9 Å². The van der Waals surface area contributed by atoms with E-state index in [1.807, 2.05) is 0 Å². The molecule has 1 N–H and O–H groups in total. The van der Waals surface area contributed by atoms with Crippen LogP contribution in [0.5, 0.6) is 0 Å². The molecule has 2 rings (SSSR count). The zero-order valence-corrected chi connectivity index (χ0v) is 20.2. The van der Waals surface area contributed by atoms with Crippen LogP contribution in [0.25, 0.3) is 0 Å². The summed E-state index contributed by atoms with van der Waals surface area (Å²) in [5.41, 5.74) is -4.10. The number of cyclic esters (lactones) is 2. The number of amides is 1. The van der Waals surface area contributed by atoms with Crippen molar-refractivity contribution in [3.63, 3.8) is 0 Å². The van der Waals surface area contributed by atoms with Crippen LogP contribution in [0.3, 0.4) is 0 Å². The first kappa shape index (κ1) is 26.3. The Hall–Kier alpha value is -2.95. The van der Waals surface area contributed by atoms with Gasteiger partial charge in [-0.25, -0.2) is 9.59 Å². The molecule has 1 aliphatic rings. The number of ether oxygens (including phenoxy) is 4. The van der Waals surface area contributed by atoms with Crippen molar-refractivity contribution in [1.82, 2.24) is 5.32 Å². The van der Waals surface area contributed by atoms with Crippen LogP contribution in [0.4, 0.5) is 0 Å². The van der Waals surface area contributed by atoms with Crippen LogP contribution in [0.2, 0.25) is 0 Å². The maximum atomic E-state index is 13.2. The Kier molecular flexibility index (Phi) is 8.23. The summed E-state index contributed by atoms with van der Waals surface area (Å²) in [6, 6.07) is 3.50. The van der Waals surface area contributed by atoms with Gasteiger partial charge in [0.25, 0.3) is 5.79 Å². The summed E-state index contributed by atoms with van der Waals surface area (Å²) in [5, 5.41) is 4.12. The number of nitrogens with one attached hydrogen (secondary N) is 1. The fraction of sp³-hybridized carbons (Fsp3) is 0.591. The molecular formula is C22H29NO9S. The lowest BCUT2D eigenvalue weighted by Gasteiger charge is -2.41. The molecule has 0 bridgehead atoms. The molecule has 1 aliphatic heterocycles. The van der Waals surface area contributed by atoms with E-state index >= 15 is 0 Å². The third kappa shape index (κ3) is 5.70. The summed E-state index contributed by atoms with van der Waals surface area (Å²) in [4.78, 5) is 64.8. The molecule has 2 heterocycles. The average molecular weight is 484 g/mol. The predicted octanol–water partition coefficient (Wildman–Crippen LogP) is 1.89. The van der Waals surface area contributed by atoms with Crippen molar-refractivity contribution in [3.8, 4) is 0 Å². The third-order valence-corrected chi connectivity index (χ3v) is 5.95. The summed E-state index contributed by atoms with van der Waals surface area (Å²) < 4.78 is 20.9. The molecule has 182 valence electrons. The van der Waals surface area contributed by atoms with Crippen molar-refractivity contribution in [1.29, 1.82) is 0 Å². The summed E-state index contributed by atoms with van der Waals surface area (Å²) in [6.07, 6.45) is -0.878. The number of carbonyl (C=O) groups excluding carboxylic acids is 5. The van der Waals surface area contributed by atoms with E-state index in [0.29, 0.717) is 4.88 Å². The second kappa shape index (κ2) is 10.3. The molecule has 0 saturated carbocycles. The zero-order chi connectivity index (χ0) is 24.9. The van der Waals surface area contributed by atoms with Gasteiger partial charge in [0, 0.05) is 32.1 Å². The zero-order valence-electron chi connectivity index (χ0n) is 19.4. The first-order valence-corrected chi connectivity index (χ1v) is 11.4. The highest BCUT2D eigenvalue weighted by Gasteiger charge is 2.59. The van der Waals surface area contributed by atoms with Crippen LogP contribution in [0.15, 0.2) is 17.5 Å². The first-order valence-electron chi connectivity index (χ1n) is 10.5. The van der Waals surface area contributed by atoms with E-state index in [-0.39, 0.29) is 26.1 Å². The second-order valence-corrected chi connectivity index (χ2v) is 9.08. The third-order valence-electron chi connectivity index (χ3n) is 5.08. The van der Waals surface area contributed by atoms with Gasteiger partial charge in [-0.3, -0.25) is 14.4 Å². The molecular weight excluding hydrogens is 454 g/mol. The molecule has 0 radical (unpaired) electrons. The van der Waals surface area contributed by atoms with Crippen LogP contribution < -0.4 is 5.32 Å². The van der Waals surface area contributed by atoms with E-state index in [0.717, 1.165) is 6.92 Å². The van der Waals surface area contributed by atoms with Crippen molar-refractivity contribution in [2.75, 3.05) is 13.2 Å². The number of hydrogen-bond donors (Lipinski definition) is 1. The Balaban J connectivity index is 2.52. The van der Waals surface area contributed by atoms with Gasteiger partial charge in [-0.15, -0.1) is 11.3 Å². The van der Waals surface area contributed by atoms with Gasteiger partial charge < -0.3 is 24.3 Å². The molecule has 0 aliphatic carbocycles. The summed E-state index contributed by atoms with van der Waals surface area (Å²) in [5.74, 6) is -5.96. The van der Waals surface area contributed by atoms with Crippen LogP contribution in [0.1, 0.15) is 52.3 Å². The van der Waals surface area contributed by atoms with Crippen LogP contribution in [-0.4, -0.2) is 54.3 Å². The lowest BCUT2D eigenvalue weighted by Crippen LogP contribution is -2.62. The summed E-state index contributed by atoms with van der Waals surface area (Å²) in [7, 11) is 0. The normalized spacial score (nSPS) is 16.9. The van der Waals surface area contributed by atoms with E-state index in [2.05, 4.69) is 5.32 Å². The van der Waals surface area contributed by atoms with Crippen LogP contribution >= 0.6 is 11.3 Å². The topological polar surface area (TPSA) is 134 Å². The summed E-state index contributed by atoms with van der Waals surface area (Å²) in [6.45, 7) is 6.92. The van der Waals surface area contributed by atoms with E-state index in [9.17, 15) is 24.0 Å². The molecule has 0 unspecified atom stereocenters. The van der Waals surface area contributed by atoms with Gasteiger partial charge in [0.15, 0.2) is 5.41 Å². The van der Waals surface area contributed by atoms with Gasteiger partial charge in [0.2, 0.25) is 11.4 Å². The van der Waals surface area contributed by atoms with Crippen LogP contribution in [0, 0.1) is 5.41 Å². The van der Waals surface area contributed by atoms with Gasteiger partial charge in [0.1, 0.15) is 0 Å². The molecule has 1 fully saturated rings. The van der Waals surface area contributed by atoms with E-state index in [1.165, 1.54) is 39.0 Å². The molecule has 11 heteroatoms. The van der Waals surface area contributed by atoms with Gasteiger partial charge in [-0.2, -0.15) is 0 Å². The van der Waals surface area contributed by atoms with Gasteiger partial charge in [0.05, 0.1) is 13.2 Å². The minimum absolute atomic E-state index is 0.0692. The second-order valence-electron chi connectivity index (χ2n) is 8.04. The first-order chi connectivity index (χ1) is 15.4. The Labute approximate surface area is 195 Å². The Morgan fingerprint density at radius 1 is 1.06 bits per heavy atom. The molecule has 0 atom stereocenters. The van der Waals surface area contributed by atoms with E-state index in [4.69, 9.17) is 18.9 Å². The predicted molar refractivity (Wildman–Crippen MR) is 116 cm³/mol. The minimum atomic E-state index is -2.26. The highest BCUT2D eigenvalue weighted by atomic mass is 32.1. The number of carbonyl (C=O) groups is 5. The van der Waals surface area contributed by atoms with Crippen molar-refractivity contribution in [3.05, 3.63) is 22.4 Å². The van der Waals surface area contributed by atoms with Crippen LogP contribution in [-0.2, 0) is 49.3 Å². The maximum Gasteiger partial charge on any atom is 0.343 e. The Bertz CT molecular complexity index is 869. The monoisotopic (exact) mass is 483 g/mol. The lowest BCUT2D eigenvalue weighted by atomic mass is 9.75. The highest BCUT2D eigenvalue weighted by Crippen LogP contribution is 2.41. The van der Waals surface area contributed by atoms with Crippen molar-refractivity contribution in [2.45, 2.75) is 65.2 Å². The molecule has 1 aromatic heterocycles. The largest absolute Gasteiger partial charge is 0.464 e. The van der Waals surface area contributed by atoms with Gasteiger partial charge in [-0.1, -0.05) is 6.07 Å². The summed E-state index contributed by atoms with van der Waals surface area (Å²) >= 11 is 1.32. The quantitative estimate of drug-likeness (QED) is 0.301. The standard InChI is InChI=1S/C22H29NO9S/c1-6-29-18(27)22(23-14(3)24,19(28)30-7-2)11-10-21(13-15-9-8-12-33-15)16(25)31-20(4,5)32-17(21)26/h8-9,12H,6-7,10-11,13H2,1-5H3,(H,23,24). The number of esters is 4. The fourth-order valence-corrected chi connectivity index (χ4v) is 4.37. The Morgan fingerprint density at radius 2 is 1.61 bits per heavy atom. The van der Waals surface area contributed by atoms with Gasteiger partial charge in [-0.05, 0) is 38.1 Å². The van der Waals surface area contributed by atoms with Gasteiger partial charge >= 0.3 is 23.9 Å². The molecule has 0 aromatic carbocycles. The van der Waals surface area contributed by atoms with Crippen molar-refractivity contribution < 1.29 is 42.9 Å². The maximum absolute atomic E-state index is 13.2. The van der Waals surface area contributed by atoms with E-state index in [1.54, 1.807) is 17.5 Å².